The Morgan fingerprint density at radius 1 is 1.10 bits per heavy atom. The number of aromatic nitrogens is 2. The monoisotopic (exact) mass is 434 g/mol. The zero-order valence-corrected chi connectivity index (χ0v) is 19.3. The van der Waals surface area contributed by atoms with Crippen LogP contribution in [0.1, 0.15) is 26.1 Å². The molecule has 1 aliphatic rings. The van der Waals surface area contributed by atoms with E-state index in [4.69, 9.17) is 9.97 Å². The van der Waals surface area contributed by atoms with Gasteiger partial charge in [0.2, 0.25) is 10.0 Å². The number of benzene rings is 1. The molecule has 1 aliphatic heterocycles. The predicted octanol–water partition coefficient (Wildman–Crippen LogP) is 1.85. The third-order valence-electron chi connectivity index (χ3n) is 5.38. The zero-order chi connectivity index (χ0) is 21.7. The van der Waals surface area contributed by atoms with E-state index in [9.17, 15) is 8.42 Å². The van der Waals surface area contributed by atoms with Crippen LogP contribution in [0.15, 0.2) is 24.3 Å². The number of anilines is 1. The van der Waals surface area contributed by atoms with Crippen LogP contribution in [0.5, 0.6) is 0 Å². The summed E-state index contributed by atoms with van der Waals surface area (Å²) < 4.78 is 26.4. The van der Waals surface area contributed by atoms with E-state index in [0.717, 1.165) is 42.1 Å². The Hall–Kier alpha value is -1.81. The highest BCUT2D eigenvalue weighted by atomic mass is 32.2. The Bertz CT molecular complexity index is 940. The Labute approximate surface area is 180 Å². The van der Waals surface area contributed by atoms with E-state index < -0.39 is 10.0 Å². The summed E-state index contributed by atoms with van der Waals surface area (Å²) in [6, 6.07) is 8.05. The van der Waals surface area contributed by atoms with Crippen molar-refractivity contribution in [1.29, 1.82) is 0 Å². The molecule has 0 spiro atoms. The highest BCUT2D eigenvalue weighted by Crippen LogP contribution is 2.21. The van der Waals surface area contributed by atoms with Crippen molar-refractivity contribution in [2.75, 3.05) is 58.7 Å². The lowest BCUT2D eigenvalue weighted by atomic mass is 10.2. The molecular weight excluding hydrogens is 400 g/mol. The topological polar surface area (TPSA) is 81.7 Å². The van der Waals surface area contributed by atoms with E-state index >= 15 is 0 Å². The van der Waals surface area contributed by atoms with Crippen molar-refractivity contribution < 1.29 is 8.42 Å². The Kier molecular flexibility index (Phi) is 7.62. The van der Waals surface area contributed by atoms with Crippen LogP contribution in [0.25, 0.3) is 10.9 Å². The number of rotatable bonds is 9. The fourth-order valence-corrected chi connectivity index (χ4v) is 4.84. The molecule has 0 radical (unpaired) electrons. The second-order valence-corrected chi connectivity index (χ2v) is 10.8. The molecule has 0 bridgehead atoms. The summed E-state index contributed by atoms with van der Waals surface area (Å²) in [5.41, 5.74) is 0.929. The Morgan fingerprint density at radius 3 is 2.47 bits per heavy atom. The average molecular weight is 435 g/mol. The average Bonchev–Trinajstić information content (AvgIpc) is 2.71. The number of sulfonamides is 1. The fraction of sp³-hybridized carbons (Fsp3) is 0.619. The zero-order valence-electron chi connectivity index (χ0n) is 18.5. The van der Waals surface area contributed by atoms with Crippen molar-refractivity contribution >= 4 is 26.7 Å². The van der Waals surface area contributed by atoms with Gasteiger partial charge in [0, 0.05) is 38.1 Å². The first-order valence-corrected chi connectivity index (χ1v) is 12.1. The number of hydrogen-bond donors (Lipinski definition) is 1. The third kappa shape index (κ3) is 5.66. The van der Waals surface area contributed by atoms with Gasteiger partial charge in [-0.15, -0.1) is 0 Å². The number of para-hydroxylation sites is 1. The van der Waals surface area contributed by atoms with Gasteiger partial charge in [-0.3, -0.25) is 4.90 Å². The van der Waals surface area contributed by atoms with Gasteiger partial charge in [0.05, 0.1) is 17.3 Å². The van der Waals surface area contributed by atoms with Gasteiger partial charge in [0.1, 0.15) is 11.6 Å². The summed E-state index contributed by atoms with van der Waals surface area (Å²) in [7, 11) is 0.959. The maximum absolute atomic E-state index is 12.4. The van der Waals surface area contributed by atoms with Gasteiger partial charge in [-0.1, -0.05) is 12.1 Å². The minimum Gasteiger partial charge on any atom is -0.369 e. The van der Waals surface area contributed by atoms with Crippen molar-refractivity contribution in [3.05, 3.63) is 30.1 Å². The molecule has 2 aromatic rings. The van der Waals surface area contributed by atoms with Crippen LogP contribution in [0, 0.1) is 0 Å². The second kappa shape index (κ2) is 10.00. The first-order valence-electron chi connectivity index (χ1n) is 10.6. The smallest absolute Gasteiger partial charge is 0.216 e. The van der Waals surface area contributed by atoms with Crippen molar-refractivity contribution in [3.8, 4) is 0 Å². The van der Waals surface area contributed by atoms with Gasteiger partial charge in [0.15, 0.2) is 0 Å². The van der Waals surface area contributed by atoms with Crippen LogP contribution in [0.3, 0.4) is 0 Å². The first kappa shape index (κ1) is 22.9. The van der Waals surface area contributed by atoms with Gasteiger partial charge < -0.3 is 10.2 Å². The van der Waals surface area contributed by atoms with Crippen LogP contribution in [-0.2, 0) is 16.6 Å². The molecule has 1 aromatic heterocycles. The largest absolute Gasteiger partial charge is 0.369 e. The molecule has 0 saturated carbocycles. The SMILES string of the molecule is CC(C)S(=O)(=O)N1CCN(Cc2nc(NCCCN(C)C)c3ccccc3n2)CC1. The molecule has 1 aromatic carbocycles. The number of piperazine rings is 1. The van der Waals surface area contributed by atoms with Crippen molar-refractivity contribution in [2.24, 2.45) is 0 Å². The molecule has 0 aliphatic carbocycles. The molecule has 0 amide bonds. The van der Waals surface area contributed by atoms with E-state index in [-0.39, 0.29) is 5.25 Å². The minimum atomic E-state index is -3.19. The molecule has 3 rings (SSSR count). The summed E-state index contributed by atoms with van der Waals surface area (Å²) in [6.07, 6.45) is 1.03. The molecule has 8 nitrogen and oxygen atoms in total. The van der Waals surface area contributed by atoms with Crippen molar-refractivity contribution in [2.45, 2.75) is 32.1 Å². The van der Waals surface area contributed by atoms with E-state index in [2.05, 4.69) is 29.2 Å². The lowest BCUT2D eigenvalue weighted by molar-refractivity contribution is 0.177. The van der Waals surface area contributed by atoms with E-state index in [0.29, 0.717) is 32.7 Å². The van der Waals surface area contributed by atoms with Gasteiger partial charge in [-0.2, -0.15) is 4.31 Å². The predicted molar refractivity (Wildman–Crippen MR) is 122 cm³/mol. The summed E-state index contributed by atoms with van der Waals surface area (Å²) in [4.78, 5) is 13.9. The van der Waals surface area contributed by atoms with E-state index in [1.165, 1.54) is 0 Å². The molecule has 1 N–H and O–H groups in total. The summed E-state index contributed by atoms with van der Waals surface area (Å²) in [6.45, 7) is 8.37. The van der Waals surface area contributed by atoms with Gasteiger partial charge in [0.25, 0.3) is 0 Å². The first-order chi connectivity index (χ1) is 14.3. The minimum absolute atomic E-state index is 0.381. The molecule has 1 fully saturated rings. The highest BCUT2D eigenvalue weighted by Gasteiger charge is 2.29. The lowest BCUT2D eigenvalue weighted by Crippen LogP contribution is -2.50. The lowest BCUT2D eigenvalue weighted by Gasteiger charge is -2.34. The van der Waals surface area contributed by atoms with Gasteiger partial charge >= 0.3 is 0 Å². The molecule has 9 heteroatoms. The summed E-state index contributed by atoms with van der Waals surface area (Å²) >= 11 is 0. The van der Waals surface area contributed by atoms with Crippen molar-refractivity contribution in [3.63, 3.8) is 0 Å². The van der Waals surface area contributed by atoms with Crippen LogP contribution in [-0.4, -0.2) is 91.1 Å². The molecule has 0 atom stereocenters. The summed E-state index contributed by atoms with van der Waals surface area (Å²) in [5, 5.41) is 4.12. The quantitative estimate of drug-likeness (QED) is 0.603. The molecule has 0 unspecified atom stereocenters. The Balaban J connectivity index is 1.68. The second-order valence-electron chi connectivity index (χ2n) is 8.36. The van der Waals surface area contributed by atoms with Crippen LogP contribution < -0.4 is 5.32 Å². The summed E-state index contributed by atoms with van der Waals surface area (Å²) in [5.74, 6) is 1.64. The maximum atomic E-state index is 12.4. The maximum Gasteiger partial charge on any atom is 0.216 e. The highest BCUT2D eigenvalue weighted by molar-refractivity contribution is 7.89. The normalized spacial score (nSPS) is 16.6. The molecule has 2 heterocycles. The number of nitrogens with zero attached hydrogens (tertiary/aromatic N) is 5. The van der Waals surface area contributed by atoms with Gasteiger partial charge in [-0.25, -0.2) is 18.4 Å². The standard InChI is InChI=1S/C21H34N6O2S/c1-17(2)30(28,29)27-14-12-26(13-15-27)16-20-23-19-9-6-5-8-18(19)21(24-20)22-10-7-11-25(3)4/h5-6,8-9,17H,7,10-16H2,1-4H3,(H,22,23,24). The van der Waals surface area contributed by atoms with Gasteiger partial charge in [-0.05, 0) is 53.0 Å². The van der Waals surface area contributed by atoms with E-state index in [1.54, 1.807) is 18.2 Å². The van der Waals surface area contributed by atoms with Crippen molar-refractivity contribution in [1.82, 2.24) is 24.1 Å². The molecular formula is C21H34N6O2S. The molecule has 1 saturated heterocycles. The number of fused-ring (bicyclic) bond motifs is 1. The van der Waals surface area contributed by atoms with E-state index in [1.807, 2.05) is 24.3 Å². The fourth-order valence-electron chi connectivity index (χ4n) is 3.57. The Morgan fingerprint density at radius 2 is 1.80 bits per heavy atom. The van der Waals surface area contributed by atoms with Crippen LogP contribution >= 0.6 is 0 Å². The number of nitrogens with one attached hydrogen (secondary N) is 1. The number of hydrogen-bond acceptors (Lipinski definition) is 7. The molecule has 166 valence electrons. The van der Waals surface area contributed by atoms with Crippen LogP contribution in [0.2, 0.25) is 0 Å². The van der Waals surface area contributed by atoms with Crippen LogP contribution in [0.4, 0.5) is 5.82 Å². The molecule has 30 heavy (non-hydrogen) atoms. The third-order valence-corrected chi connectivity index (χ3v) is 7.65.